The molecule has 2 heterocycles. The number of nitro groups is 1. The van der Waals surface area contributed by atoms with Crippen molar-refractivity contribution in [3.8, 4) is 17.4 Å². The summed E-state index contributed by atoms with van der Waals surface area (Å²) < 4.78 is 40.7. The van der Waals surface area contributed by atoms with Crippen molar-refractivity contribution in [3.63, 3.8) is 0 Å². The van der Waals surface area contributed by atoms with Crippen molar-refractivity contribution in [2.45, 2.75) is 32.9 Å². The summed E-state index contributed by atoms with van der Waals surface area (Å²) in [5.74, 6) is -2.33. The predicted octanol–water partition coefficient (Wildman–Crippen LogP) is 4.47. The summed E-state index contributed by atoms with van der Waals surface area (Å²) in [7, 11) is 1.30. The number of amides is 1. The fourth-order valence-electron chi connectivity index (χ4n) is 3.51. The SMILES string of the molecule is COc1cc2ncnc(Nc3ccc(Oc4nn(CC(=O)NC(C)(C)C)cc4F)cc3F)c2cc1[N+](=O)[O-]. The van der Waals surface area contributed by atoms with Crippen molar-refractivity contribution >= 4 is 34.0 Å². The molecule has 0 spiro atoms. The number of nitro benzene ring substituents is 1. The Morgan fingerprint density at radius 2 is 1.92 bits per heavy atom. The molecule has 2 N–H and O–H groups in total. The third kappa shape index (κ3) is 5.91. The zero-order chi connectivity index (χ0) is 27.6. The standard InChI is InChI=1S/C24H23F2N7O5/c1-24(2,3)30-21(34)11-32-10-16(26)23(31-32)38-13-5-6-17(15(25)7-13)29-22-14-8-19(33(35)36)20(37-4)9-18(14)27-12-28-22/h5-10,12H,11H2,1-4H3,(H,30,34)(H,27,28,29). The van der Waals surface area contributed by atoms with Crippen molar-refractivity contribution in [2.75, 3.05) is 12.4 Å². The van der Waals surface area contributed by atoms with Crippen LogP contribution in [0.4, 0.5) is 26.0 Å². The molecule has 0 radical (unpaired) electrons. The molecular weight excluding hydrogens is 504 g/mol. The molecule has 0 unspecified atom stereocenters. The number of nitrogens with zero attached hydrogens (tertiary/aromatic N) is 5. The molecule has 38 heavy (non-hydrogen) atoms. The zero-order valence-corrected chi connectivity index (χ0v) is 20.8. The highest BCUT2D eigenvalue weighted by Crippen LogP contribution is 2.35. The van der Waals surface area contributed by atoms with Gasteiger partial charge >= 0.3 is 5.69 Å². The lowest BCUT2D eigenvalue weighted by atomic mass is 10.1. The molecule has 198 valence electrons. The van der Waals surface area contributed by atoms with Gasteiger partial charge in [0.05, 0.1) is 34.8 Å². The van der Waals surface area contributed by atoms with Gasteiger partial charge in [-0.05, 0) is 32.9 Å². The Hall–Kier alpha value is -4.88. The highest BCUT2D eigenvalue weighted by atomic mass is 19.1. The van der Waals surface area contributed by atoms with Gasteiger partial charge in [0.25, 0.3) is 5.88 Å². The van der Waals surface area contributed by atoms with E-state index in [1.807, 2.05) is 20.8 Å². The van der Waals surface area contributed by atoms with Crippen LogP contribution in [0.1, 0.15) is 20.8 Å². The molecule has 0 saturated carbocycles. The Kier molecular flexibility index (Phi) is 7.06. The molecule has 0 aliphatic rings. The number of fused-ring (bicyclic) bond motifs is 1. The van der Waals surface area contributed by atoms with Crippen LogP contribution in [0.3, 0.4) is 0 Å². The summed E-state index contributed by atoms with van der Waals surface area (Å²) in [5, 5.41) is 21.1. The van der Waals surface area contributed by atoms with Crippen LogP contribution in [0.25, 0.3) is 10.9 Å². The van der Waals surface area contributed by atoms with Gasteiger partial charge in [-0.1, -0.05) is 0 Å². The smallest absolute Gasteiger partial charge is 0.311 e. The molecular formula is C24H23F2N7O5. The van der Waals surface area contributed by atoms with Gasteiger partial charge in [-0.15, -0.1) is 5.10 Å². The van der Waals surface area contributed by atoms with E-state index in [-0.39, 0.29) is 46.5 Å². The van der Waals surface area contributed by atoms with Gasteiger partial charge in [-0.2, -0.15) is 4.39 Å². The molecule has 0 atom stereocenters. The minimum atomic E-state index is -0.833. The van der Waals surface area contributed by atoms with Crippen molar-refractivity contribution in [3.05, 3.63) is 64.6 Å². The minimum Gasteiger partial charge on any atom is -0.490 e. The number of methoxy groups -OCH3 is 1. The molecule has 0 aliphatic heterocycles. The third-order valence-electron chi connectivity index (χ3n) is 5.05. The fraction of sp³-hybridized carbons (Fsp3) is 0.250. The number of carbonyl (C=O) groups is 1. The number of anilines is 2. The van der Waals surface area contributed by atoms with E-state index in [0.717, 1.165) is 16.9 Å². The first-order valence-corrected chi connectivity index (χ1v) is 11.2. The number of hydrogen-bond acceptors (Lipinski definition) is 9. The summed E-state index contributed by atoms with van der Waals surface area (Å²) in [6.07, 6.45) is 2.21. The molecule has 0 fully saturated rings. The quantitative estimate of drug-likeness (QED) is 0.250. The molecule has 2 aromatic carbocycles. The van der Waals surface area contributed by atoms with E-state index in [1.165, 1.54) is 37.7 Å². The molecule has 0 saturated heterocycles. The van der Waals surface area contributed by atoms with Crippen LogP contribution in [0.5, 0.6) is 17.4 Å². The Morgan fingerprint density at radius 3 is 2.58 bits per heavy atom. The molecule has 4 rings (SSSR count). The molecule has 12 nitrogen and oxygen atoms in total. The van der Waals surface area contributed by atoms with E-state index in [1.54, 1.807) is 0 Å². The second-order valence-electron chi connectivity index (χ2n) is 9.17. The van der Waals surface area contributed by atoms with Crippen LogP contribution in [-0.2, 0) is 11.3 Å². The first-order valence-electron chi connectivity index (χ1n) is 11.2. The summed E-state index contributed by atoms with van der Waals surface area (Å²) in [6.45, 7) is 5.20. The number of ether oxygens (including phenoxy) is 2. The highest BCUT2D eigenvalue weighted by Gasteiger charge is 2.20. The van der Waals surface area contributed by atoms with Crippen molar-refractivity contribution in [1.29, 1.82) is 0 Å². The van der Waals surface area contributed by atoms with E-state index in [9.17, 15) is 23.7 Å². The summed E-state index contributed by atoms with van der Waals surface area (Å²) in [6, 6.07) is 6.30. The van der Waals surface area contributed by atoms with E-state index >= 15 is 0 Å². The van der Waals surface area contributed by atoms with Crippen LogP contribution < -0.4 is 20.1 Å². The molecule has 14 heteroatoms. The van der Waals surface area contributed by atoms with Gasteiger partial charge in [0.1, 0.15) is 30.3 Å². The van der Waals surface area contributed by atoms with Crippen LogP contribution in [-0.4, -0.2) is 43.2 Å². The topological polar surface area (TPSA) is 146 Å². The monoisotopic (exact) mass is 527 g/mol. The number of rotatable bonds is 8. The minimum absolute atomic E-state index is 0.0179. The van der Waals surface area contributed by atoms with Crippen LogP contribution in [0.2, 0.25) is 0 Å². The number of aromatic nitrogens is 4. The van der Waals surface area contributed by atoms with Crippen molar-refractivity contribution < 1.29 is 28.0 Å². The average molecular weight is 527 g/mol. The third-order valence-corrected chi connectivity index (χ3v) is 5.05. The second kappa shape index (κ2) is 10.2. The van der Waals surface area contributed by atoms with E-state index in [4.69, 9.17) is 9.47 Å². The molecule has 0 aliphatic carbocycles. The maximum Gasteiger partial charge on any atom is 0.311 e. The molecule has 2 aromatic heterocycles. The highest BCUT2D eigenvalue weighted by molar-refractivity contribution is 5.93. The van der Waals surface area contributed by atoms with Gasteiger partial charge < -0.3 is 20.1 Å². The lowest BCUT2D eigenvalue weighted by Gasteiger charge is -2.20. The number of halogens is 2. The second-order valence-corrected chi connectivity index (χ2v) is 9.17. The summed E-state index contributed by atoms with van der Waals surface area (Å²) in [4.78, 5) is 31.0. The van der Waals surface area contributed by atoms with E-state index in [0.29, 0.717) is 5.52 Å². The Bertz CT molecular complexity index is 1530. The van der Waals surface area contributed by atoms with Crippen LogP contribution >= 0.6 is 0 Å². The van der Waals surface area contributed by atoms with Crippen LogP contribution in [0, 0.1) is 21.7 Å². The number of carbonyl (C=O) groups excluding carboxylic acids is 1. The van der Waals surface area contributed by atoms with Crippen LogP contribution in [0.15, 0.2) is 42.9 Å². The normalized spacial score (nSPS) is 11.3. The predicted molar refractivity (Wildman–Crippen MR) is 133 cm³/mol. The number of benzene rings is 2. The lowest BCUT2D eigenvalue weighted by molar-refractivity contribution is -0.385. The van der Waals surface area contributed by atoms with Gasteiger partial charge in [-0.25, -0.2) is 14.4 Å². The first kappa shape index (κ1) is 26.2. The van der Waals surface area contributed by atoms with Gasteiger partial charge in [-0.3, -0.25) is 19.6 Å². The van der Waals surface area contributed by atoms with Crippen molar-refractivity contribution in [2.24, 2.45) is 0 Å². The van der Waals surface area contributed by atoms with Gasteiger partial charge in [0.15, 0.2) is 5.75 Å². The molecule has 1 amide bonds. The van der Waals surface area contributed by atoms with Crippen molar-refractivity contribution in [1.82, 2.24) is 25.1 Å². The largest absolute Gasteiger partial charge is 0.490 e. The lowest BCUT2D eigenvalue weighted by Crippen LogP contribution is -2.42. The molecule has 4 aromatic rings. The maximum atomic E-state index is 14.9. The van der Waals surface area contributed by atoms with E-state index in [2.05, 4.69) is 25.7 Å². The van der Waals surface area contributed by atoms with Gasteiger partial charge in [0, 0.05) is 23.7 Å². The molecule has 0 bridgehead atoms. The Balaban J connectivity index is 1.53. The Morgan fingerprint density at radius 1 is 1.16 bits per heavy atom. The first-order chi connectivity index (χ1) is 17.9. The summed E-state index contributed by atoms with van der Waals surface area (Å²) >= 11 is 0. The maximum absolute atomic E-state index is 14.9. The summed E-state index contributed by atoms with van der Waals surface area (Å²) in [5.41, 5.74) is -0.456. The average Bonchev–Trinajstić information content (AvgIpc) is 3.16. The van der Waals surface area contributed by atoms with Gasteiger partial charge in [0.2, 0.25) is 11.7 Å². The Labute approximate surface area is 214 Å². The van der Waals surface area contributed by atoms with E-state index < -0.39 is 28.0 Å². The zero-order valence-electron chi connectivity index (χ0n) is 20.8. The number of hydrogen-bond donors (Lipinski definition) is 2. The fourth-order valence-corrected chi connectivity index (χ4v) is 3.51. The number of nitrogens with one attached hydrogen (secondary N) is 2.